The Balaban J connectivity index is 1.75. The van der Waals surface area contributed by atoms with E-state index in [1.165, 1.54) is 0 Å². The van der Waals surface area contributed by atoms with E-state index in [2.05, 4.69) is 17.3 Å². The van der Waals surface area contributed by atoms with Gasteiger partial charge in [0.05, 0.1) is 16.6 Å². The topological polar surface area (TPSA) is 78.4 Å². The predicted octanol–water partition coefficient (Wildman–Crippen LogP) is 2.42. The zero-order chi connectivity index (χ0) is 19.7. The molecule has 1 fully saturated rings. The summed E-state index contributed by atoms with van der Waals surface area (Å²) >= 11 is 0. The van der Waals surface area contributed by atoms with Gasteiger partial charge in [-0.05, 0) is 32.0 Å². The number of nitrogens with zero attached hydrogens (tertiary/aromatic N) is 4. The van der Waals surface area contributed by atoms with Gasteiger partial charge in [0.1, 0.15) is 11.6 Å². The summed E-state index contributed by atoms with van der Waals surface area (Å²) in [6, 6.07) is 8.34. The molecule has 1 N–H and O–H groups in total. The molecule has 0 bridgehead atoms. The van der Waals surface area contributed by atoms with Crippen molar-refractivity contribution >= 4 is 15.8 Å². The summed E-state index contributed by atoms with van der Waals surface area (Å²) in [5, 5.41) is 3.19. The van der Waals surface area contributed by atoms with Gasteiger partial charge < -0.3 is 10.2 Å². The minimum Gasteiger partial charge on any atom is -0.373 e. The number of fused-ring (bicyclic) bond motifs is 1. The van der Waals surface area contributed by atoms with Crippen LogP contribution in [0.25, 0.3) is 0 Å². The molecule has 2 aliphatic rings. The van der Waals surface area contributed by atoms with Crippen LogP contribution in [0.15, 0.2) is 35.2 Å². The number of anilines is 1. The smallest absolute Gasteiger partial charge is 0.243 e. The van der Waals surface area contributed by atoms with Gasteiger partial charge in [0.15, 0.2) is 0 Å². The molecule has 7 nitrogen and oxygen atoms in total. The summed E-state index contributed by atoms with van der Waals surface area (Å²) in [6.07, 6.45) is 3.43. The first kappa shape index (κ1) is 19.3. The van der Waals surface area contributed by atoms with Gasteiger partial charge in [-0.1, -0.05) is 24.6 Å². The third-order valence-corrected chi connectivity index (χ3v) is 7.53. The Morgan fingerprint density at radius 2 is 1.89 bits per heavy atom. The molecular weight excluding hydrogens is 374 g/mol. The lowest BCUT2D eigenvalue weighted by Crippen LogP contribution is -2.39. The predicted molar refractivity (Wildman–Crippen MR) is 109 cm³/mol. The van der Waals surface area contributed by atoms with E-state index in [0.29, 0.717) is 17.3 Å². The quantitative estimate of drug-likeness (QED) is 0.848. The summed E-state index contributed by atoms with van der Waals surface area (Å²) in [7, 11) is 0.366. The summed E-state index contributed by atoms with van der Waals surface area (Å²) in [4.78, 5) is 12.2. The van der Waals surface area contributed by atoms with Gasteiger partial charge in [0, 0.05) is 38.7 Å². The Kier molecular flexibility index (Phi) is 5.35. The van der Waals surface area contributed by atoms with E-state index in [-0.39, 0.29) is 6.04 Å². The molecule has 0 saturated carbocycles. The monoisotopic (exact) mass is 401 g/mol. The van der Waals surface area contributed by atoms with Gasteiger partial charge in [0.2, 0.25) is 10.0 Å². The normalized spacial score (nSPS) is 21.3. The second-order valence-electron chi connectivity index (χ2n) is 7.53. The molecule has 4 rings (SSSR count). The van der Waals surface area contributed by atoms with Crippen molar-refractivity contribution in [2.75, 3.05) is 32.5 Å². The molecule has 0 spiro atoms. The van der Waals surface area contributed by atoms with Crippen LogP contribution >= 0.6 is 0 Å². The summed E-state index contributed by atoms with van der Waals surface area (Å²) in [5.74, 6) is 1.43. The molecule has 2 aromatic rings. The van der Waals surface area contributed by atoms with E-state index < -0.39 is 10.0 Å². The van der Waals surface area contributed by atoms with E-state index in [1.807, 2.05) is 13.1 Å². The molecule has 2 aliphatic heterocycles. The number of likely N-dealkylation sites (N-methyl/N-ethyl adjacent to an activating group) is 1. The maximum absolute atomic E-state index is 13.3. The van der Waals surface area contributed by atoms with Crippen LogP contribution in [-0.2, 0) is 23.0 Å². The molecule has 150 valence electrons. The van der Waals surface area contributed by atoms with E-state index in [0.717, 1.165) is 55.8 Å². The van der Waals surface area contributed by atoms with Crippen LogP contribution in [0.2, 0.25) is 0 Å². The van der Waals surface area contributed by atoms with Crippen molar-refractivity contribution in [1.29, 1.82) is 0 Å². The number of sulfonamides is 1. The highest BCUT2D eigenvalue weighted by Crippen LogP contribution is 2.35. The largest absolute Gasteiger partial charge is 0.373 e. The van der Waals surface area contributed by atoms with Gasteiger partial charge in [0.25, 0.3) is 0 Å². The van der Waals surface area contributed by atoms with Crippen molar-refractivity contribution in [3.05, 3.63) is 47.4 Å². The lowest BCUT2D eigenvalue weighted by molar-refractivity contribution is 0.244. The second-order valence-corrected chi connectivity index (χ2v) is 9.42. The molecule has 0 aliphatic carbocycles. The van der Waals surface area contributed by atoms with Crippen LogP contribution in [0.4, 0.5) is 5.82 Å². The van der Waals surface area contributed by atoms with Crippen molar-refractivity contribution in [3.63, 3.8) is 0 Å². The first-order chi connectivity index (χ1) is 13.5. The molecule has 1 saturated heterocycles. The lowest BCUT2D eigenvalue weighted by Gasteiger charge is -2.35. The number of benzene rings is 1. The standard InChI is InChI=1S/C20H27N5O2S/c1-21-19-16-14-24(2)13-11-17(16)22-20(23-19)18-10-6-7-12-25(18)28(26,27)15-8-4-3-5-9-15/h3-5,8-9,18H,6-7,10-14H2,1-2H3,(H,21,22,23)/t18-/m1/s1. The Hall–Kier alpha value is -2.03. The molecule has 3 heterocycles. The van der Waals surface area contributed by atoms with Crippen molar-refractivity contribution in [2.45, 2.75) is 43.2 Å². The van der Waals surface area contributed by atoms with Crippen LogP contribution < -0.4 is 5.32 Å². The Labute approximate surface area is 166 Å². The summed E-state index contributed by atoms with van der Waals surface area (Å²) in [5.41, 5.74) is 2.16. The van der Waals surface area contributed by atoms with E-state index in [4.69, 9.17) is 9.97 Å². The first-order valence-electron chi connectivity index (χ1n) is 9.83. The van der Waals surface area contributed by atoms with E-state index >= 15 is 0 Å². The SMILES string of the molecule is CNc1nc([C@H]2CCCCN2S(=O)(=O)c2ccccc2)nc2c1CN(C)CC2. The number of nitrogens with one attached hydrogen (secondary N) is 1. The average molecular weight is 402 g/mol. The third kappa shape index (κ3) is 3.52. The zero-order valence-corrected chi connectivity index (χ0v) is 17.2. The zero-order valence-electron chi connectivity index (χ0n) is 16.4. The molecule has 8 heteroatoms. The molecule has 1 aromatic heterocycles. The molecule has 28 heavy (non-hydrogen) atoms. The molecular formula is C20H27N5O2S. The Morgan fingerprint density at radius 1 is 1.11 bits per heavy atom. The van der Waals surface area contributed by atoms with Gasteiger partial charge in [-0.25, -0.2) is 18.4 Å². The number of piperidine rings is 1. The lowest BCUT2D eigenvalue weighted by atomic mass is 10.0. The van der Waals surface area contributed by atoms with Gasteiger partial charge in [-0.15, -0.1) is 0 Å². The Morgan fingerprint density at radius 3 is 2.64 bits per heavy atom. The van der Waals surface area contributed by atoms with E-state index in [9.17, 15) is 8.42 Å². The fourth-order valence-electron chi connectivity index (χ4n) is 4.10. The first-order valence-corrected chi connectivity index (χ1v) is 11.3. The highest BCUT2D eigenvalue weighted by Gasteiger charge is 2.37. The van der Waals surface area contributed by atoms with Gasteiger partial charge in [-0.3, -0.25) is 0 Å². The summed E-state index contributed by atoms with van der Waals surface area (Å²) in [6.45, 7) is 2.26. The molecule has 1 atom stereocenters. The van der Waals surface area contributed by atoms with Crippen LogP contribution in [0.1, 0.15) is 42.4 Å². The number of aromatic nitrogens is 2. The number of hydrogen-bond donors (Lipinski definition) is 1. The van der Waals surface area contributed by atoms with Crippen LogP contribution in [0.3, 0.4) is 0 Å². The van der Waals surface area contributed by atoms with Crippen molar-refractivity contribution in [1.82, 2.24) is 19.2 Å². The third-order valence-electron chi connectivity index (χ3n) is 5.61. The number of rotatable bonds is 4. The molecule has 0 amide bonds. The minimum absolute atomic E-state index is 0.323. The Bertz CT molecular complexity index is 931. The minimum atomic E-state index is -3.58. The van der Waals surface area contributed by atoms with Crippen LogP contribution in [-0.4, -0.2) is 54.8 Å². The maximum Gasteiger partial charge on any atom is 0.243 e. The van der Waals surface area contributed by atoms with Crippen LogP contribution in [0.5, 0.6) is 0 Å². The molecule has 0 radical (unpaired) electrons. The average Bonchev–Trinajstić information content (AvgIpc) is 2.73. The fraction of sp³-hybridized carbons (Fsp3) is 0.500. The molecule has 1 aromatic carbocycles. The second kappa shape index (κ2) is 7.77. The van der Waals surface area contributed by atoms with Crippen LogP contribution in [0, 0.1) is 0 Å². The fourth-order valence-corrected chi connectivity index (χ4v) is 5.78. The van der Waals surface area contributed by atoms with Crippen molar-refractivity contribution in [2.24, 2.45) is 0 Å². The summed E-state index contributed by atoms with van der Waals surface area (Å²) < 4.78 is 28.2. The van der Waals surface area contributed by atoms with E-state index in [1.54, 1.807) is 28.6 Å². The highest BCUT2D eigenvalue weighted by atomic mass is 32.2. The van der Waals surface area contributed by atoms with Gasteiger partial charge >= 0.3 is 0 Å². The number of hydrogen-bond acceptors (Lipinski definition) is 6. The molecule has 0 unspecified atom stereocenters. The van der Waals surface area contributed by atoms with Crippen molar-refractivity contribution in [3.8, 4) is 0 Å². The van der Waals surface area contributed by atoms with Crippen molar-refractivity contribution < 1.29 is 8.42 Å². The maximum atomic E-state index is 13.3. The highest BCUT2D eigenvalue weighted by molar-refractivity contribution is 7.89. The van der Waals surface area contributed by atoms with Gasteiger partial charge in [-0.2, -0.15) is 4.31 Å².